The number of rotatable bonds is 8. The Balaban J connectivity index is 1.19. The number of hydrogen-bond donors (Lipinski definition) is 2. The van der Waals surface area contributed by atoms with Crippen molar-refractivity contribution < 1.29 is 19.1 Å². The molecule has 0 bridgehead atoms. The number of hydrogen-bond acceptors (Lipinski definition) is 6. The molecule has 0 atom stereocenters. The first kappa shape index (κ1) is 30.5. The van der Waals surface area contributed by atoms with Gasteiger partial charge in [-0.3, -0.25) is 9.59 Å². The van der Waals surface area contributed by atoms with E-state index in [1.807, 2.05) is 137 Å². The molecular weight excluding hydrogens is 596 g/mol. The van der Waals surface area contributed by atoms with Crippen LogP contribution in [0.5, 0.6) is 23.0 Å². The summed E-state index contributed by atoms with van der Waals surface area (Å²) in [4.78, 5) is 28.4. The van der Waals surface area contributed by atoms with Crippen molar-refractivity contribution in [3.8, 4) is 23.0 Å². The summed E-state index contributed by atoms with van der Waals surface area (Å²) >= 11 is 0. The predicted octanol–water partition coefficient (Wildman–Crippen LogP) is 10.8. The third-order valence-electron chi connectivity index (χ3n) is 8.56. The SMILES string of the molecule is Cc1cc(Oc2ccccc2)cc(C)c1Nc1cccc2c1C(=O)c1cccc(Nc3c(C)cc(Oc4ccccc4)cc3C)c1C2=O. The van der Waals surface area contributed by atoms with E-state index in [0.29, 0.717) is 33.6 Å². The van der Waals surface area contributed by atoms with Gasteiger partial charge in [-0.25, -0.2) is 0 Å². The average molecular weight is 631 g/mol. The number of carbonyl (C=O) groups excluding carboxylic acids is 2. The topological polar surface area (TPSA) is 76.7 Å². The van der Waals surface area contributed by atoms with Crippen LogP contribution in [0.2, 0.25) is 0 Å². The molecule has 6 nitrogen and oxygen atoms in total. The monoisotopic (exact) mass is 630 g/mol. The number of carbonyl (C=O) groups is 2. The van der Waals surface area contributed by atoms with Gasteiger partial charge in [-0.2, -0.15) is 0 Å². The molecule has 0 fully saturated rings. The molecule has 2 N–H and O–H groups in total. The second-order valence-corrected chi connectivity index (χ2v) is 12.1. The van der Waals surface area contributed by atoms with Gasteiger partial charge in [0.1, 0.15) is 23.0 Å². The third kappa shape index (κ3) is 5.80. The Morgan fingerprint density at radius 2 is 0.771 bits per heavy atom. The van der Waals surface area contributed by atoms with Crippen molar-refractivity contribution in [2.45, 2.75) is 27.7 Å². The highest BCUT2D eigenvalue weighted by molar-refractivity contribution is 6.32. The van der Waals surface area contributed by atoms with Gasteiger partial charge in [0.15, 0.2) is 11.6 Å². The quantitative estimate of drug-likeness (QED) is 0.174. The maximum Gasteiger partial charge on any atom is 0.196 e. The zero-order valence-electron chi connectivity index (χ0n) is 27.2. The predicted molar refractivity (Wildman–Crippen MR) is 191 cm³/mol. The van der Waals surface area contributed by atoms with Crippen LogP contribution in [0.4, 0.5) is 22.7 Å². The second kappa shape index (κ2) is 12.6. The van der Waals surface area contributed by atoms with E-state index >= 15 is 0 Å². The van der Waals surface area contributed by atoms with Gasteiger partial charge in [-0.1, -0.05) is 60.7 Å². The molecule has 0 saturated carbocycles. The molecule has 0 amide bonds. The Morgan fingerprint density at radius 3 is 1.12 bits per heavy atom. The number of nitrogens with one attached hydrogen (secondary N) is 2. The number of aryl methyl sites for hydroxylation is 4. The van der Waals surface area contributed by atoms with Gasteiger partial charge in [0.05, 0.1) is 22.5 Å². The molecule has 236 valence electrons. The zero-order valence-corrected chi connectivity index (χ0v) is 27.2. The maximum atomic E-state index is 14.2. The van der Waals surface area contributed by atoms with Gasteiger partial charge in [-0.15, -0.1) is 0 Å². The Labute approximate surface area is 280 Å². The normalized spacial score (nSPS) is 11.8. The van der Waals surface area contributed by atoms with Crippen LogP contribution < -0.4 is 20.1 Å². The molecule has 0 radical (unpaired) electrons. The van der Waals surface area contributed by atoms with Gasteiger partial charge in [-0.05, 0) is 111 Å². The summed E-state index contributed by atoms with van der Waals surface area (Å²) in [7, 11) is 0. The molecule has 0 saturated heterocycles. The fourth-order valence-corrected chi connectivity index (χ4v) is 6.33. The van der Waals surface area contributed by atoms with Gasteiger partial charge in [0, 0.05) is 22.5 Å². The number of fused-ring (bicyclic) bond motifs is 2. The van der Waals surface area contributed by atoms with E-state index in [4.69, 9.17) is 9.47 Å². The summed E-state index contributed by atoms with van der Waals surface area (Å²) in [6.07, 6.45) is 0. The van der Waals surface area contributed by atoms with E-state index in [1.54, 1.807) is 12.1 Å². The summed E-state index contributed by atoms with van der Waals surface area (Å²) < 4.78 is 12.1. The largest absolute Gasteiger partial charge is 0.457 e. The van der Waals surface area contributed by atoms with Crippen molar-refractivity contribution in [2.75, 3.05) is 10.6 Å². The van der Waals surface area contributed by atoms with Gasteiger partial charge < -0.3 is 20.1 Å². The van der Waals surface area contributed by atoms with E-state index in [0.717, 1.165) is 56.6 Å². The lowest BCUT2D eigenvalue weighted by Crippen LogP contribution is -2.23. The maximum absolute atomic E-state index is 14.2. The van der Waals surface area contributed by atoms with Crippen LogP contribution in [0.25, 0.3) is 0 Å². The van der Waals surface area contributed by atoms with Crippen LogP contribution in [0.1, 0.15) is 54.1 Å². The third-order valence-corrected chi connectivity index (χ3v) is 8.56. The second-order valence-electron chi connectivity index (χ2n) is 12.1. The fraction of sp³-hybridized carbons (Fsp3) is 0.0952. The first-order valence-electron chi connectivity index (χ1n) is 15.8. The molecule has 7 rings (SSSR count). The molecule has 1 aliphatic carbocycles. The van der Waals surface area contributed by atoms with E-state index in [1.165, 1.54) is 0 Å². The molecule has 6 heteroatoms. The minimum absolute atomic E-state index is 0.203. The van der Waals surface area contributed by atoms with Crippen molar-refractivity contribution in [3.05, 3.63) is 166 Å². The Bertz CT molecular complexity index is 2000. The average Bonchev–Trinajstić information content (AvgIpc) is 3.07. The summed E-state index contributed by atoms with van der Waals surface area (Å²) in [6.45, 7) is 7.97. The van der Waals surface area contributed by atoms with Crippen molar-refractivity contribution in [1.82, 2.24) is 0 Å². The van der Waals surface area contributed by atoms with Crippen LogP contribution in [0.3, 0.4) is 0 Å². The Kier molecular flexibility index (Phi) is 7.99. The van der Waals surface area contributed by atoms with Crippen LogP contribution >= 0.6 is 0 Å². The minimum Gasteiger partial charge on any atom is -0.457 e. The van der Waals surface area contributed by atoms with Crippen molar-refractivity contribution in [3.63, 3.8) is 0 Å². The fourth-order valence-electron chi connectivity index (χ4n) is 6.33. The van der Waals surface area contributed by atoms with Gasteiger partial charge >= 0.3 is 0 Å². The molecule has 6 aromatic rings. The number of benzene rings is 6. The Hall–Kier alpha value is -6.14. The molecule has 48 heavy (non-hydrogen) atoms. The number of para-hydroxylation sites is 2. The van der Waals surface area contributed by atoms with Gasteiger partial charge in [0.2, 0.25) is 0 Å². The van der Waals surface area contributed by atoms with E-state index in [2.05, 4.69) is 10.6 Å². The summed E-state index contributed by atoms with van der Waals surface area (Å²) in [6, 6.07) is 37.9. The number of ketones is 2. The van der Waals surface area contributed by atoms with Crippen molar-refractivity contribution in [1.29, 1.82) is 0 Å². The summed E-state index contributed by atoms with van der Waals surface area (Å²) in [5.41, 5.74) is 8.14. The van der Waals surface area contributed by atoms with Crippen LogP contribution in [-0.2, 0) is 0 Å². The van der Waals surface area contributed by atoms with Crippen LogP contribution in [-0.4, -0.2) is 11.6 Å². The lowest BCUT2D eigenvalue weighted by atomic mass is 9.82. The summed E-state index contributed by atoms with van der Waals surface area (Å²) in [5.74, 6) is 2.55. The van der Waals surface area contributed by atoms with E-state index in [-0.39, 0.29) is 11.6 Å². The van der Waals surface area contributed by atoms with Crippen molar-refractivity contribution in [2.24, 2.45) is 0 Å². The number of anilines is 4. The first-order chi connectivity index (χ1) is 23.3. The van der Waals surface area contributed by atoms with Crippen molar-refractivity contribution >= 4 is 34.3 Å². The van der Waals surface area contributed by atoms with E-state index in [9.17, 15) is 9.59 Å². The highest BCUT2D eigenvalue weighted by Crippen LogP contribution is 2.40. The standard InChI is InChI=1S/C42H34N2O4/c1-25-21-31(47-29-13-7-5-8-14-29)22-26(2)39(25)43-35-19-11-17-33-37(35)41(45)34-18-12-20-36(38(34)42(33)46)44-40-27(3)23-32(24-28(40)4)48-30-15-9-6-10-16-30/h5-24,43-44H,1-4H3. The highest BCUT2D eigenvalue weighted by Gasteiger charge is 2.34. The van der Waals surface area contributed by atoms with Crippen LogP contribution in [0, 0.1) is 27.7 Å². The zero-order chi connectivity index (χ0) is 33.4. The molecule has 1 aliphatic rings. The molecule has 6 aromatic carbocycles. The highest BCUT2D eigenvalue weighted by atomic mass is 16.5. The molecule has 0 spiro atoms. The van der Waals surface area contributed by atoms with Crippen LogP contribution in [0.15, 0.2) is 121 Å². The molecule has 0 heterocycles. The van der Waals surface area contributed by atoms with E-state index < -0.39 is 0 Å². The summed E-state index contributed by atoms with van der Waals surface area (Å²) in [5, 5.41) is 6.95. The lowest BCUT2D eigenvalue weighted by Gasteiger charge is -2.24. The molecule has 0 aliphatic heterocycles. The lowest BCUT2D eigenvalue weighted by molar-refractivity contribution is 0.0980. The Morgan fingerprint density at radius 1 is 0.417 bits per heavy atom. The van der Waals surface area contributed by atoms with Gasteiger partial charge in [0.25, 0.3) is 0 Å². The smallest absolute Gasteiger partial charge is 0.196 e. The number of ether oxygens (including phenoxy) is 2. The molecule has 0 unspecified atom stereocenters. The molecular formula is C42H34N2O4. The first-order valence-corrected chi connectivity index (χ1v) is 15.8. The molecule has 0 aromatic heterocycles. The minimum atomic E-state index is -0.203.